The summed E-state index contributed by atoms with van der Waals surface area (Å²) < 4.78 is 39.2. The van der Waals surface area contributed by atoms with Gasteiger partial charge in [-0.05, 0) is 41.6 Å². The Kier molecular flexibility index (Phi) is 5.03. The van der Waals surface area contributed by atoms with E-state index in [0.717, 1.165) is 21.4 Å². The Morgan fingerprint density at radius 1 is 1.15 bits per heavy atom. The molecule has 1 heterocycles. The molecule has 0 aliphatic heterocycles. The van der Waals surface area contributed by atoms with Gasteiger partial charge in [-0.1, -0.05) is 28.1 Å². The normalized spacial score (nSPS) is 11.4. The van der Waals surface area contributed by atoms with Crippen molar-refractivity contribution in [3.05, 3.63) is 58.6 Å². The van der Waals surface area contributed by atoms with Gasteiger partial charge < -0.3 is 5.32 Å². The van der Waals surface area contributed by atoms with Crippen LogP contribution in [0.5, 0.6) is 0 Å². The van der Waals surface area contributed by atoms with Crippen LogP contribution >= 0.6 is 15.9 Å². The fourth-order valence-corrected chi connectivity index (χ4v) is 2.39. The number of halogens is 4. The average Bonchev–Trinajstić information content (AvgIpc) is 3.05. The number of hydrogen-bond donors (Lipinski definition) is 1. The minimum atomic E-state index is -4.46. The molecule has 1 amide bonds. The van der Waals surface area contributed by atoms with E-state index in [0.29, 0.717) is 5.69 Å². The van der Waals surface area contributed by atoms with Gasteiger partial charge in [0.25, 0.3) is 0 Å². The molecule has 0 bridgehead atoms. The van der Waals surface area contributed by atoms with E-state index in [9.17, 15) is 18.0 Å². The van der Waals surface area contributed by atoms with Crippen LogP contribution in [0.4, 0.5) is 18.9 Å². The van der Waals surface area contributed by atoms with Gasteiger partial charge in [-0.25, -0.2) is 0 Å². The number of rotatable bonds is 4. The molecule has 0 aliphatic carbocycles. The number of nitrogens with one attached hydrogen (secondary N) is 1. The monoisotopic (exact) mass is 425 g/mol. The maximum Gasteiger partial charge on any atom is 0.416 e. The Labute approximate surface area is 154 Å². The molecule has 0 saturated carbocycles. The van der Waals surface area contributed by atoms with Crippen molar-refractivity contribution < 1.29 is 18.0 Å². The molecule has 0 unspecified atom stereocenters. The second-order valence-electron chi connectivity index (χ2n) is 5.28. The van der Waals surface area contributed by atoms with E-state index < -0.39 is 11.7 Å². The highest BCUT2D eigenvalue weighted by Crippen LogP contribution is 2.31. The van der Waals surface area contributed by atoms with Gasteiger partial charge in [0.1, 0.15) is 6.54 Å². The van der Waals surface area contributed by atoms with Crippen LogP contribution in [0.1, 0.15) is 5.56 Å². The summed E-state index contributed by atoms with van der Waals surface area (Å²) in [5.74, 6) is -0.382. The van der Waals surface area contributed by atoms with Crippen molar-refractivity contribution in [2.24, 2.45) is 0 Å². The number of amides is 1. The van der Waals surface area contributed by atoms with E-state index >= 15 is 0 Å². The van der Waals surface area contributed by atoms with Gasteiger partial charge in [0, 0.05) is 15.7 Å². The van der Waals surface area contributed by atoms with Crippen molar-refractivity contribution >= 4 is 27.5 Å². The predicted molar refractivity (Wildman–Crippen MR) is 91.0 cm³/mol. The number of carbonyl (C=O) groups is 1. The van der Waals surface area contributed by atoms with E-state index in [1.807, 2.05) is 0 Å². The first-order chi connectivity index (χ1) is 12.3. The summed E-state index contributed by atoms with van der Waals surface area (Å²) >= 11 is 3.29. The molecule has 0 spiro atoms. The van der Waals surface area contributed by atoms with Crippen LogP contribution in [0, 0.1) is 0 Å². The lowest BCUT2D eigenvalue weighted by atomic mass is 10.1. The maximum atomic E-state index is 12.8. The smallest absolute Gasteiger partial charge is 0.324 e. The van der Waals surface area contributed by atoms with Gasteiger partial charge in [-0.15, -0.1) is 10.2 Å². The Morgan fingerprint density at radius 3 is 2.58 bits per heavy atom. The molecule has 1 aromatic heterocycles. The third kappa shape index (κ3) is 4.45. The zero-order chi connectivity index (χ0) is 18.7. The first kappa shape index (κ1) is 18.1. The standard InChI is InChI=1S/C16H11BrF3N5O/c17-12-4-6-13(7-5-12)21-14(26)9-25-23-15(22-24-25)10-2-1-3-11(8-10)16(18,19)20/h1-8H,9H2,(H,21,26). The number of hydrogen-bond acceptors (Lipinski definition) is 4. The number of nitrogens with zero attached hydrogens (tertiary/aromatic N) is 4. The maximum absolute atomic E-state index is 12.8. The Hall–Kier alpha value is -2.75. The SMILES string of the molecule is O=C(Cn1nnc(-c2cccc(C(F)(F)F)c2)n1)Nc1ccc(Br)cc1. The Morgan fingerprint density at radius 2 is 1.88 bits per heavy atom. The molecule has 1 N–H and O–H groups in total. The molecule has 0 atom stereocenters. The molecular weight excluding hydrogens is 415 g/mol. The van der Waals surface area contributed by atoms with E-state index in [4.69, 9.17) is 0 Å². The number of benzene rings is 2. The van der Waals surface area contributed by atoms with Crippen LogP contribution in [0.25, 0.3) is 11.4 Å². The minimum absolute atomic E-state index is 0.00698. The third-order valence-electron chi connectivity index (χ3n) is 3.31. The van der Waals surface area contributed by atoms with E-state index in [1.165, 1.54) is 12.1 Å². The molecule has 26 heavy (non-hydrogen) atoms. The molecule has 3 aromatic rings. The van der Waals surface area contributed by atoms with Crippen LogP contribution in [0.15, 0.2) is 53.0 Å². The minimum Gasteiger partial charge on any atom is -0.324 e. The molecule has 0 fully saturated rings. The summed E-state index contributed by atoms with van der Waals surface area (Å²) in [7, 11) is 0. The summed E-state index contributed by atoms with van der Waals surface area (Å²) in [4.78, 5) is 13.0. The average molecular weight is 426 g/mol. The van der Waals surface area contributed by atoms with Gasteiger partial charge in [0.2, 0.25) is 11.7 Å². The molecule has 0 saturated heterocycles. The Bertz CT molecular complexity index is 924. The summed E-state index contributed by atoms with van der Waals surface area (Å²) in [6.45, 7) is -0.220. The van der Waals surface area contributed by atoms with E-state index in [-0.39, 0.29) is 23.8 Å². The molecule has 0 radical (unpaired) electrons. The second kappa shape index (κ2) is 7.24. The van der Waals surface area contributed by atoms with Gasteiger partial charge in [-0.2, -0.15) is 18.0 Å². The molecule has 3 rings (SSSR count). The van der Waals surface area contributed by atoms with Crippen molar-refractivity contribution in [3.63, 3.8) is 0 Å². The highest BCUT2D eigenvalue weighted by Gasteiger charge is 2.30. The first-order valence-corrected chi connectivity index (χ1v) is 8.11. The number of carbonyl (C=O) groups excluding carboxylic acids is 1. The van der Waals surface area contributed by atoms with Gasteiger partial charge in [-0.3, -0.25) is 4.79 Å². The van der Waals surface area contributed by atoms with Crippen molar-refractivity contribution in [1.29, 1.82) is 0 Å². The quantitative estimate of drug-likeness (QED) is 0.690. The summed E-state index contributed by atoms with van der Waals surface area (Å²) in [6.07, 6.45) is -4.46. The van der Waals surface area contributed by atoms with Gasteiger partial charge in [0.15, 0.2) is 0 Å². The molecule has 6 nitrogen and oxygen atoms in total. The van der Waals surface area contributed by atoms with Crippen LogP contribution in [0.2, 0.25) is 0 Å². The van der Waals surface area contributed by atoms with Gasteiger partial charge >= 0.3 is 6.18 Å². The number of aromatic nitrogens is 4. The largest absolute Gasteiger partial charge is 0.416 e. The fraction of sp³-hybridized carbons (Fsp3) is 0.125. The molecule has 0 aliphatic rings. The molecule has 134 valence electrons. The highest BCUT2D eigenvalue weighted by atomic mass is 79.9. The lowest BCUT2D eigenvalue weighted by Crippen LogP contribution is -2.20. The van der Waals surface area contributed by atoms with Crippen molar-refractivity contribution in [1.82, 2.24) is 20.2 Å². The number of tetrazole rings is 1. The second-order valence-corrected chi connectivity index (χ2v) is 6.19. The topological polar surface area (TPSA) is 72.7 Å². The molecule has 10 heteroatoms. The molecular formula is C16H11BrF3N5O. The summed E-state index contributed by atoms with van der Waals surface area (Å²) in [5, 5.41) is 14.0. The zero-order valence-electron chi connectivity index (χ0n) is 13.0. The van der Waals surface area contributed by atoms with E-state index in [1.54, 1.807) is 24.3 Å². The van der Waals surface area contributed by atoms with Crippen LogP contribution in [-0.2, 0) is 17.5 Å². The lowest BCUT2D eigenvalue weighted by molar-refractivity contribution is -0.137. The third-order valence-corrected chi connectivity index (χ3v) is 3.84. The van der Waals surface area contributed by atoms with Crippen molar-refractivity contribution in [3.8, 4) is 11.4 Å². The van der Waals surface area contributed by atoms with Crippen molar-refractivity contribution in [2.75, 3.05) is 5.32 Å². The summed E-state index contributed by atoms with van der Waals surface area (Å²) in [6, 6.07) is 11.6. The van der Waals surface area contributed by atoms with Gasteiger partial charge in [0.05, 0.1) is 5.56 Å². The lowest BCUT2D eigenvalue weighted by Gasteiger charge is -2.06. The molecule has 2 aromatic carbocycles. The van der Waals surface area contributed by atoms with Crippen LogP contribution in [0.3, 0.4) is 0 Å². The first-order valence-electron chi connectivity index (χ1n) is 7.32. The number of anilines is 1. The highest BCUT2D eigenvalue weighted by molar-refractivity contribution is 9.10. The Balaban J connectivity index is 1.70. The van der Waals surface area contributed by atoms with E-state index in [2.05, 4.69) is 36.7 Å². The fourth-order valence-electron chi connectivity index (χ4n) is 2.12. The zero-order valence-corrected chi connectivity index (χ0v) is 14.6. The summed E-state index contributed by atoms with van der Waals surface area (Å²) in [5.41, 5.74) is -0.0462. The number of alkyl halides is 3. The van der Waals surface area contributed by atoms with Crippen LogP contribution < -0.4 is 5.32 Å². The predicted octanol–water partition coefficient (Wildman–Crippen LogP) is 3.76. The van der Waals surface area contributed by atoms with Crippen molar-refractivity contribution in [2.45, 2.75) is 12.7 Å². The van der Waals surface area contributed by atoms with Crippen LogP contribution in [-0.4, -0.2) is 26.1 Å².